The van der Waals surface area contributed by atoms with Crippen LogP contribution in [0.15, 0.2) is 18.2 Å². The number of aliphatic hydroxyl groups is 1. The van der Waals surface area contributed by atoms with E-state index in [1.54, 1.807) is 19.1 Å². The van der Waals surface area contributed by atoms with E-state index in [-0.39, 0.29) is 17.9 Å². The molecule has 0 heterocycles. The normalized spacial score (nSPS) is 13.8. The molecule has 0 fully saturated rings. The fourth-order valence-electron chi connectivity index (χ4n) is 1.32. The molecule has 5 nitrogen and oxygen atoms in total. The second kappa shape index (κ2) is 5.73. The number of carboxylic acids is 1. The zero-order chi connectivity index (χ0) is 13.8. The van der Waals surface area contributed by atoms with E-state index in [2.05, 4.69) is 0 Å². The molecule has 0 aliphatic carbocycles. The fourth-order valence-corrected chi connectivity index (χ4v) is 1.32. The van der Waals surface area contributed by atoms with Gasteiger partial charge in [0.05, 0.1) is 12.7 Å². The Bertz CT molecular complexity index is 425. The van der Waals surface area contributed by atoms with Crippen molar-refractivity contribution in [2.75, 3.05) is 13.7 Å². The van der Waals surface area contributed by atoms with Crippen molar-refractivity contribution >= 4 is 5.97 Å². The molecule has 1 unspecified atom stereocenters. The van der Waals surface area contributed by atoms with Crippen molar-refractivity contribution in [3.63, 3.8) is 0 Å². The van der Waals surface area contributed by atoms with Crippen molar-refractivity contribution in [3.05, 3.63) is 23.8 Å². The van der Waals surface area contributed by atoms with Crippen LogP contribution in [0.4, 0.5) is 0 Å². The summed E-state index contributed by atoms with van der Waals surface area (Å²) in [5, 5.41) is 18.9. The first-order valence-corrected chi connectivity index (χ1v) is 5.66. The number of hydrogen-bond acceptors (Lipinski definition) is 4. The molecule has 0 saturated carbocycles. The highest BCUT2D eigenvalue weighted by atomic mass is 16.5. The van der Waals surface area contributed by atoms with Crippen LogP contribution in [-0.2, 0) is 0 Å². The second-order valence-corrected chi connectivity index (χ2v) is 4.28. The van der Waals surface area contributed by atoms with Crippen molar-refractivity contribution in [2.24, 2.45) is 0 Å². The van der Waals surface area contributed by atoms with Gasteiger partial charge in [0.2, 0.25) is 0 Å². The average molecular weight is 254 g/mol. The Labute approximate surface area is 106 Å². The van der Waals surface area contributed by atoms with E-state index in [0.717, 1.165) is 0 Å². The molecule has 1 aromatic carbocycles. The smallest absolute Gasteiger partial charge is 0.339 e. The van der Waals surface area contributed by atoms with Crippen LogP contribution in [-0.4, -0.2) is 35.5 Å². The van der Waals surface area contributed by atoms with Crippen molar-refractivity contribution in [3.8, 4) is 11.5 Å². The molecule has 0 spiro atoms. The van der Waals surface area contributed by atoms with Gasteiger partial charge in [-0.3, -0.25) is 0 Å². The summed E-state index contributed by atoms with van der Waals surface area (Å²) in [7, 11) is 1.44. The van der Waals surface area contributed by atoms with E-state index >= 15 is 0 Å². The number of hydrogen-bond donors (Lipinski definition) is 2. The largest absolute Gasteiger partial charge is 0.493 e. The quantitative estimate of drug-likeness (QED) is 0.811. The summed E-state index contributed by atoms with van der Waals surface area (Å²) < 4.78 is 10.5. The molecular formula is C13H18O5. The van der Waals surface area contributed by atoms with Crippen LogP contribution in [0.25, 0.3) is 0 Å². The van der Waals surface area contributed by atoms with Gasteiger partial charge >= 0.3 is 5.97 Å². The van der Waals surface area contributed by atoms with Gasteiger partial charge < -0.3 is 19.7 Å². The summed E-state index contributed by atoms with van der Waals surface area (Å²) in [6.45, 7) is 3.46. The molecule has 0 aliphatic heterocycles. The monoisotopic (exact) mass is 254 g/mol. The van der Waals surface area contributed by atoms with Crippen molar-refractivity contribution < 1.29 is 24.5 Å². The second-order valence-electron chi connectivity index (χ2n) is 4.28. The third-order valence-electron chi connectivity index (χ3n) is 2.72. The van der Waals surface area contributed by atoms with Gasteiger partial charge in [0, 0.05) is 0 Å². The topological polar surface area (TPSA) is 76.0 Å². The highest BCUT2D eigenvalue weighted by molar-refractivity contribution is 5.92. The molecule has 0 amide bonds. The first kappa shape index (κ1) is 14.3. The van der Waals surface area contributed by atoms with Gasteiger partial charge in [0.25, 0.3) is 0 Å². The van der Waals surface area contributed by atoms with Crippen molar-refractivity contribution in [2.45, 2.75) is 25.9 Å². The van der Waals surface area contributed by atoms with Gasteiger partial charge in [-0.05, 0) is 25.5 Å². The van der Waals surface area contributed by atoms with Crippen LogP contribution in [0.1, 0.15) is 30.6 Å². The number of rotatable bonds is 6. The number of carbonyl (C=O) groups is 1. The zero-order valence-electron chi connectivity index (χ0n) is 10.8. The SMILES string of the molecule is CCC(C)(O)COc1c(OC)cccc1C(=O)O. The maximum absolute atomic E-state index is 11.1. The summed E-state index contributed by atoms with van der Waals surface area (Å²) in [6.07, 6.45) is 0.505. The molecule has 1 rings (SSSR count). The number of carboxylic acid groups (broad SMARTS) is 1. The maximum atomic E-state index is 11.1. The minimum Gasteiger partial charge on any atom is -0.493 e. The van der Waals surface area contributed by atoms with Crippen LogP contribution in [0, 0.1) is 0 Å². The van der Waals surface area contributed by atoms with Gasteiger partial charge in [-0.2, -0.15) is 0 Å². The van der Waals surface area contributed by atoms with E-state index in [9.17, 15) is 9.90 Å². The third kappa shape index (κ3) is 3.37. The van der Waals surface area contributed by atoms with Crippen LogP contribution >= 0.6 is 0 Å². The molecule has 1 aromatic rings. The Balaban J connectivity index is 3.02. The molecule has 0 radical (unpaired) electrons. The first-order chi connectivity index (χ1) is 8.41. The Morgan fingerprint density at radius 3 is 2.61 bits per heavy atom. The standard InChI is InChI=1S/C13H18O5/c1-4-13(2,16)8-18-11-9(12(14)15)6-5-7-10(11)17-3/h5-7,16H,4,8H2,1-3H3,(H,14,15). The maximum Gasteiger partial charge on any atom is 0.339 e. The number of aromatic carboxylic acids is 1. The van der Waals surface area contributed by atoms with Crippen LogP contribution in [0.2, 0.25) is 0 Å². The minimum atomic E-state index is -1.10. The van der Waals surface area contributed by atoms with E-state index in [1.807, 2.05) is 6.92 Å². The number of ether oxygens (including phenoxy) is 2. The van der Waals surface area contributed by atoms with E-state index in [4.69, 9.17) is 14.6 Å². The Morgan fingerprint density at radius 1 is 1.44 bits per heavy atom. The zero-order valence-corrected chi connectivity index (χ0v) is 10.8. The van der Waals surface area contributed by atoms with Gasteiger partial charge in [-0.1, -0.05) is 13.0 Å². The van der Waals surface area contributed by atoms with Crippen LogP contribution < -0.4 is 9.47 Å². The molecule has 100 valence electrons. The molecule has 2 N–H and O–H groups in total. The summed E-state index contributed by atoms with van der Waals surface area (Å²) in [4.78, 5) is 11.1. The van der Waals surface area contributed by atoms with Crippen molar-refractivity contribution in [1.82, 2.24) is 0 Å². The van der Waals surface area contributed by atoms with Crippen molar-refractivity contribution in [1.29, 1.82) is 0 Å². The Morgan fingerprint density at radius 2 is 2.11 bits per heavy atom. The predicted molar refractivity (Wildman–Crippen MR) is 66.4 cm³/mol. The highest BCUT2D eigenvalue weighted by Crippen LogP contribution is 2.31. The van der Waals surface area contributed by atoms with Gasteiger partial charge in [0.1, 0.15) is 12.2 Å². The molecule has 0 aliphatic rings. The molecule has 0 aromatic heterocycles. The van der Waals surface area contributed by atoms with Crippen LogP contribution in [0.5, 0.6) is 11.5 Å². The van der Waals surface area contributed by atoms with E-state index in [1.165, 1.54) is 13.2 Å². The molecule has 1 atom stereocenters. The molecule has 0 bridgehead atoms. The van der Waals surface area contributed by atoms with Gasteiger partial charge in [0.15, 0.2) is 11.5 Å². The lowest BCUT2D eigenvalue weighted by Crippen LogP contribution is -2.31. The summed E-state index contributed by atoms with van der Waals surface area (Å²) in [6, 6.07) is 4.62. The average Bonchev–Trinajstić information content (AvgIpc) is 2.35. The highest BCUT2D eigenvalue weighted by Gasteiger charge is 2.22. The number of benzene rings is 1. The summed E-state index contributed by atoms with van der Waals surface area (Å²) >= 11 is 0. The van der Waals surface area contributed by atoms with E-state index < -0.39 is 11.6 Å². The Kier molecular flexibility index (Phi) is 4.55. The molecular weight excluding hydrogens is 236 g/mol. The van der Waals surface area contributed by atoms with Gasteiger partial charge in [-0.15, -0.1) is 0 Å². The van der Waals surface area contributed by atoms with E-state index in [0.29, 0.717) is 12.2 Å². The minimum absolute atomic E-state index is 0.00412. The fraction of sp³-hybridized carbons (Fsp3) is 0.462. The predicted octanol–water partition coefficient (Wildman–Crippen LogP) is 1.93. The first-order valence-electron chi connectivity index (χ1n) is 5.66. The van der Waals surface area contributed by atoms with Crippen LogP contribution in [0.3, 0.4) is 0 Å². The summed E-state index contributed by atoms with van der Waals surface area (Å²) in [5.74, 6) is -0.622. The lowest BCUT2D eigenvalue weighted by atomic mass is 10.1. The molecule has 0 saturated heterocycles. The lowest BCUT2D eigenvalue weighted by molar-refractivity contribution is 0.00715. The third-order valence-corrected chi connectivity index (χ3v) is 2.72. The lowest BCUT2D eigenvalue weighted by Gasteiger charge is -2.22. The number of para-hydroxylation sites is 1. The van der Waals surface area contributed by atoms with Gasteiger partial charge in [-0.25, -0.2) is 4.79 Å². The Hall–Kier alpha value is -1.75. The molecule has 5 heteroatoms. The molecule has 18 heavy (non-hydrogen) atoms. The number of methoxy groups -OCH3 is 1. The summed E-state index contributed by atoms with van der Waals surface area (Å²) in [5.41, 5.74) is -0.988.